The molecule has 3 heterocycles. The van der Waals surface area contributed by atoms with Crippen LogP contribution in [0.3, 0.4) is 0 Å². The molecule has 0 radical (unpaired) electrons. The summed E-state index contributed by atoms with van der Waals surface area (Å²) in [6.45, 7) is 5.23. The second kappa shape index (κ2) is 6.33. The monoisotopic (exact) mass is 338 g/mol. The molecule has 1 amide bonds. The van der Waals surface area contributed by atoms with Crippen molar-refractivity contribution in [3.05, 3.63) is 34.8 Å². The number of nitrogens with zero attached hydrogens (tertiary/aromatic N) is 4. The summed E-state index contributed by atoms with van der Waals surface area (Å²) < 4.78 is 12.9. The molecule has 0 aromatic carbocycles. The van der Waals surface area contributed by atoms with Gasteiger partial charge in [-0.15, -0.1) is 10.2 Å². The maximum absolute atomic E-state index is 12.9. The highest BCUT2D eigenvalue weighted by atomic mass is 35.5. The number of halogens is 1. The second-order valence-corrected chi connectivity index (χ2v) is 6.31. The molecule has 3 rings (SSSR count). The zero-order valence-electron chi connectivity index (χ0n) is 13.3. The van der Waals surface area contributed by atoms with Gasteiger partial charge in [-0.2, -0.15) is 0 Å². The van der Waals surface area contributed by atoms with Crippen molar-refractivity contribution in [2.24, 2.45) is 7.05 Å². The standard InChI is InChI=1S/C15H19ClN4O3/c1-9(2)13-17-18-14(23-13)12-8-22-5-4-20(12)15(21)11-6-10(16)7-19(11)3/h6-7,9,12H,4-5,8H2,1-3H3. The second-order valence-electron chi connectivity index (χ2n) is 5.88. The van der Waals surface area contributed by atoms with Gasteiger partial charge in [-0.25, -0.2) is 0 Å². The quantitative estimate of drug-likeness (QED) is 0.859. The van der Waals surface area contributed by atoms with Crippen LogP contribution in [0.2, 0.25) is 5.02 Å². The number of aryl methyl sites for hydroxylation is 1. The molecule has 8 heteroatoms. The number of morpholine rings is 1. The first-order valence-electron chi connectivity index (χ1n) is 7.51. The van der Waals surface area contributed by atoms with Gasteiger partial charge in [-0.3, -0.25) is 4.79 Å². The molecule has 2 aromatic heterocycles. The van der Waals surface area contributed by atoms with Crippen molar-refractivity contribution >= 4 is 17.5 Å². The fraction of sp³-hybridized carbons (Fsp3) is 0.533. The van der Waals surface area contributed by atoms with Crippen molar-refractivity contribution in [2.75, 3.05) is 19.8 Å². The van der Waals surface area contributed by atoms with Gasteiger partial charge in [0.1, 0.15) is 11.7 Å². The molecule has 1 fully saturated rings. The summed E-state index contributed by atoms with van der Waals surface area (Å²) >= 11 is 5.98. The van der Waals surface area contributed by atoms with Crippen molar-refractivity contribution in [2.45, 2.75) is 25.8 Å². The Balaban J connectivity index is 1.89. The average molecular weight is 339 g/mol. The smallest absolute Gasteiger partial charge is 0.271 e. The lowest BCUT2D eigenvalue weighted by Gasteiger charge is -2.33. The van der Waals surface area contributed by atoms with Gasteiger partial charge >= 0.3 is 0 Å². The molecule has 1 aliphatic heterocycles. The highest BCUT2D eigenvalue weighted by Crippen LogP contribution is 2.27. The maximum atomic E-state index is 12.9. The van der Waals surface area contributed by atoms with Gasteiger partial charge in [0.05, 0.1) is 18.2 Å². The third-order valence-corrected chi connectivity index (χ3v) is 4.02. The number of hydrogen-bond donors (Lipinski definition) is 0. The number of carbonyl (C=O) groups is 1. The fourth-order valence-corrected chi connectivity index (χ4v) is 2.80. The third-order valence-electron chi connectivity index (χ3n) is 3.82. The van der Waals surface area contributed by atoms with Crippen LogP contribution in [0, 0.1) is 0 Å². The molecule has 0 saturated carbocycles. The zero-order chi connectivity index (χ0) is 16.6. The lowest BCUT2D eigenvalue weighted by molar-refractivity contribution is -0.0112. The molecule has 1 unspecified atom stereocenters. The van der Waals surface area contributed by atoms with Gasteiger partial charge in [0.25, 0.3) is 5.91 Å². The molecular formula is C15H19ClN4O3. The molecule has 1 saturated heterocycles. The number of amides is 1. The Hall–Kier alpha value is -1.86. The van der Waals surface area contributed by atoms with Crippen LogP contribution in [0.25, 0.3) is 0 Å². The normalized spacial score (nSPS) is 18.7. The van der Waals surface area contributed by atoms with Gasteiger partial charge in [-0.05, 0) is 6.07 Å². The van der Waals surface area contributed by atoms with E-state index >= 15 is 0 Å². The number of carbonyl (C=O) groups excluding carboxylic acids is 1. The Morgan fingerprint density at radius 2 is 2.22 bits per heavy atom. The van der Waals surface area contributed by atoms with Gasteiger partial charge in [0, 0.05) is 25.7 Å². The molecule has 1 atom stereocenters. The van der Waals surface area contributed by atoms with E-state index in [1.165, 1.54) is 0 Å². The first-order valence-corrected chi connectivity index (χ1v) is 7.89. The van der Waals surface area contributed by atoms with Crippen LogP contribution in [-0.4, -0.2) is 45.3 Å². The molecule has 0 N–H and O–H groups in total. The number of hydrogen-bond acceptors (Lipinski definition) is 5. The van der Waals surface area contributed by atoms with Crippen LogP contribution < -0.4 is 0 Å². The molecule has 2 aromatic rings. The maximum Gasteiger partial charge on any atom is 0.271 e. The summed E-state index contributed by atoms with van der Waals surface area (Å²) in [6.07, 6.45) is 1.70. The number of ether oxygens (including phenoxy) is 1. The summed E-state index contributed by atoms with van der Waals surface area (Å²) in [4.78, 5) is 14.6. The highest BCUT2D eigenvalue weighted by Gasteiger charge is 2.34. The lowest BCUT2D eigenvalue weighted by atomic mass is 10.2. The summed E-state index contributed by atoms with van der Waals surface area (Å²) in [6, 6.07) is 1.27. The van der Waals surface area contributed by atoms with E-state index in [1.807, 2.05) is 13.8 Å². The average Bonchev–Trinajstić information content (AvgIpc) is 3.13. The molecule has 1 aliphatic rings. The van der Waals surface area contributed by atoms with E-state index < -0.39 is 0 Å². The molecule has 0 aliphatic carbocycles. The minimum Gasteiger partial charge on any atom is -0.423 e. The number of rotatable bonds is 3. The van der Waals surface area contributed by atoms with Gasteiger partial charge in [0.2, 0.25) is 11.8 Å². The highest BCUT2D eigenvalue weighted by molar-refractivity contribution is 6.31. The van der Waals surface area contributed by atoms with Crippen molar-refractivity contribution in [3.63, 3.8) is 0 Å². The topological polar surface area (TPSA) is 73.4 Å². The van der Waals surface area contributed by atoms with Crippen LogP contribution >= 0.6 is 11.6 Å². The molecule has 0 spiro atoms. The van der Waals surface area contributed by atoms with Crippen LogP contribution in [0.5, 0.6) is 0 Å². The summed E-state index contributed by atoms with van der Waals surface area (Å²) in [5, 5.41) is 8.66. The summed E-state index contributed by atoms with van der Waals surface area (Å²) in [5.41, 5.74) is 0.519. The van der Waals surface area contributed by atoms with E-state index in [-0.39, 0.29) is 17.9 Å². The Bertz CT molecular complexity index is 709. The SMILES string of the molecule is CC(C)c1nnc(C2COCCN2C(=O)c2cc(Cl)cn2C)o1. The van der Waals surface area contributed by atoms with Crippen molar-refractivity contribution in [3.8, 4) is 0 Å². The number of aromatic nitrogens is 3. The Labute approximate surface area is 139 Å². The van der Waals surface area contributed by atoms with E-state index in [2.05, 4.69) is 10.2 Å². The predicted molar refractivity (Wildman–Crippen MR) is 83.4 cm³/mol. The van der Waals surface area contributed by atoms with Crippen molar-refractivity contribution in [1.82, 2.24) is 19.7 Å². The van der Waals surface area contributed by atoms with Crippen LogP contribution in [0.1, 0.15) is 48.1 Å². The zero-order valence-corrected chi connectivity index (χ0v) is 14.1. The predicted octanol–water partition coefficient (Wildman–Crippen LogP) is 2.40. The van der Waals surface area contributed by atoms with E-state index in [9.17, 15) is 4.79 Å². The molecule has 23 heavy (non-hydrogen) atoms. The van der Waals surface area contributed by atoms with E-state index in [0.29, 0.717) is 42.3 Å². The fourth-order valence-electron chi connectivity index (χ4n) is 2.55. The summed E-state index contributed by atoms with van der Waals surface area (Å²) in [5.74, 6) is 0.968. The molecular weight excluding hydrogens is 320 g/mol. The van der Waals surface area contributed by atoms with Gasteiger partial charge in [0.15, 0.2) is 0 Å². The lowest BCUT2D eigenvalue weighted by Crippen LogP contribution is -2.44. The first-order chi connectivity index (χ1) is 11.0. The van der Waals surface area contributed by atoms with Gasteiger partial charge < -0.3 is 18.6 Å². The first kappa shape index (κ1) is 16.0. The Morgan fingerprint density at radius 3 is 2.83 bits per heavy atom. The molecule has 7 nitrogen and oxygen atoms in total. The van der Waals surface area contributed by atoms with Crippen LogP contribution in [0.4, 0.5) is 0 Å². The van der Waals surface area contributed by atoms with E-state index in [1.54, 1.807) is 28.8 Å². The third kappa shape index (κ3) is 3.11. The summed E-state index contributed by atoms with van der Waals surface area (Å²) in [7, 11) is 1.79. The van der Waals surface area contributed by atoms with Crippen molar-refractivity contribution in [1.29, 1.82) is 0 Å². The van der Waals surface area contributed by atoms with E-state index in [4.69, 9.17) is 20.8 Å². The van der Waals surface area contributed by atoms with Crippen LogP contribution in [-0.2, 0) is 11.8 Å². The van der Waals surface area contributed by atoms with E-state index in [0.717, 1.165) is 0 Å². The van der Waals surface area contributed by atoms with Crippen molar-refractivity contribution < 1.29 is 13.9 Å². The Morgan fingerprint density at radius 1 is 1.43 bits per heavy atom. The largest absolute Gasteiger partial charge is 0.423 e. The van der Waals surface area contributed by atoms with Crippen LogP contribution in [0.15, 0.2) is 16.7 Å². The van der Waals surface area contributed by atoms with Gasteiger partial charge in [-0.1, -0.05) is 25.4 Å². The molecule has 124 valence electrons. The minimum atomic E-state index is -0.384. The Kier molecular flexibility index (Phi) is 4.41. The minimum absolute atomic E-state index is 0.128. The molecule has 0 bridgehead atoms.